The summed E-state index contributed by atoms with van der Waals surface area (Å²) >= 11 is 0. The molecule has 1 unspecified atom stereocenters. The summed E-state index contributed by atoms with van der Waals surface area (Å²) in [5.74, 6) is 0.755. The van der Waals surface area contributed by atoms with Gasteiger partial charge in [0.05, 0.1) is 0 Å². The molecule has 2 aliphatic heterocycles. The summed E-state index contributed by atoms with van der Waals surface area (Å²) in [7, 11) is 0. The molecule has 3 heterocycles. The van der Waals surface area contributed by atoms with Crippen molar-refractivity contribution in [2.45, 2.75) is 38.6 Å². The van der Waals surface area contributed by atoms with Crippen LogP contribution in [-0.4, -0.2) is 66.2 Å². The normalized spacial score (nSPS) is 22.9. The Kier molecular flexibility index (Phi) is 5.70. The van der Waals surface area contributed by atoms with Gasteiger partial charge in [-0.25, -0.2) is 0 Å². The standard InChI is InChI=1S/C16H26N4O2.ClH/c1-16(2,3)14-10-13(18-22-14)15(21)20-7-4-12(11-20)19-8-5-17-6-9-19;/h10,12,17H,4-9,11H2,1-3H3;1H. The van der Waals surface area contributed by atoms with Crippen LogP contribution < -0.4 is 5.32 Å². The van der Waals surface area contributed by atoms with Crippen LogP contribution in [0, 0.1) is 0 Å². The molecular formula is C16H27ClN4O2. The largest absolute Gasteiger partial charge is 0.360 e. The van der Waals surface area contributed by atoms with Crippen molar-refractivity contribution in [3.05, 3.63) is 17.5 Å². The van der Waals surface area contributed by atoms with Crippen molar-refractivity contribution in [1.82, 2.24) is 20.3 Å². The van der Waals surface area contributed by atoms with Crippen LogP contribution in [0.1, 0.15) is 43.4 Å². The first kappa shape index (κ1) is 18.2. The zero-order valence-electron chi connectivity index (χ0n) is 14.2. The molecule has 2 saturated heterocycles. The number of amides is 1. The number of likely N-dealkylation sites (tertiary alicyclic amines) is 1. The Morgan fingerprint density at radius 1 is 1.30 bits per heavy atom. The molecule has 7 heteroatoms. The average Bonchev–Trinajstić information content (AvgIpc) is 3.16. The topological polar surface area (TPSA) is 61.6 Å². The van der Waals surface area contributed by atoms with E-state index in [1.165, 1.54) is 0 Å². The quantitative estimate of drug-likeness (QED) is 0.882. The van der Waals surface area contributed by atoms with Gasteiger partial charge in [0.1, 0.15) is 5.76 Å². The first-order valence-corrected chi connectivity index (χ1v) is 8.16. The Morgan fingerprint density at radius 3 is 2.61 bits per heavy atom. The molecule has 2 aliphatic rings. The smallest absolute Gasteiger partial charge is 0.276 e. The van der Waals surface area contributed by atoms with Gasteiger partial charge in [-0.15, -0.1) is 12.4 Å². The van der Waals surface area contributed by atoms with E-state index in [4.69, 9.17) is 4.52 Å². The highest BCUT2D eigenvalue weighted by atomic mass is 35.5. The lowest BCUT2D eigenvalue weighted by Crippen LogP contribution is -2.49. The second kappa shape index (κ2) is 7.20. The first-order chi connectivity index (χ1) is 10.4. The molecule has 0 aliphatic carbocycles. The van der Waals surface area contributed by atoms with Crippen molar-refractivity contribution < 1.29 is 9.32 Å². The van der Waals surface area contributed by atoms with Gasteiger partial charge in [0.25, 0.3) is 5.91 Å². The van der Waals surface area contributed by atoms with E-state index in [0.29, 0.717) is 11.7 Å². The summed E-state index contributed by atoms with van der Waals surface area (Å²) in [6, 6.07) is 2.28. The molecule has 0 radical (unpaired) electrons. The molecule has 2 fully saturated rings. The fraction of sp³-hybridized carbons (Fsp3) is 0.750. The Hall–Kier alpha value is -1.11. The Balaban J connectivity index is 0.00000192. The van der Waals surface area contributed by atoms with E-state index in [1.807, 2.05) is 4.90 Å². The van der Waals surface area contributed by atoms with Crippen LogP contribution in [0.2, 0.25) is 0 Å². The van der Waals surface area contributed by atoms with Gasteiger partial charge in [0, 0.05) is 56.8 Å². The summed E-state index contributed by atoms with van der Waals surface area (Å²) in [4.78, 5) is 17.0. The van der Waals surface area contributed by atoms with E-state index in [2.05, 4.69) is 36.1 Å². The monoisotopic (exact) mass is 342 g/mol. The first-order valence-electron chi connectivity index (χ1n) is 8.16. The molecule has 0 aromatic carbocycles. The molecule has 0 saturated carbocycles. The van der Waals surface area contributed by atoms with Gasteiger partial charge in [-0.3, -0.25) is 9.69 Å². The van der Waals surface area contributed by atoms with Crippen LogP contribution in [0.15, 0.2) is 10.6 Å². The van der Waals surface area contributed by atoms with Crippen molar-refractivity contribution in [3.8, 4) is 0 Å². The van der Waals surface area contributed by atoms with Crippen LogP contribution in [0.4, 0.5) is 0 Å². The Labute approximate surface area is 144 Å². The highest BCUT2D eigenvalue weighted by Crippen LogP contribution is 2.24. The van der Waals surface area contributed by atoms with Crippen LogP contribution >= 0.6 is 12.4 Å². The summed E-state index contributed by atoms with van der Waals surface area (Å²) in [5.41, 5.74) is 0.311. The number of nitrogens with zero attached hydrogens (tertiary/aromatic N) is 3. The van der Waals surface area contributed by atoms with Crippen molar-refractivity contribution >= 4 is 18.3 Å². The van der Waals surface area contributed by atoms with E-state index in [1.54, 1.807) is 6.07 Å². The van der Waals surface area contributed by atoms with E-state index in [0.717, 1.165) is 51.4 Å². The van der Waals surface area contributed by atoms with Crippen LogP contribution in [0.3, 0.4) is 0 Å². The van der Waals surface area contributed by atoms with E-state index < -0.39 is 0 Å². The van der Waals surface area contributed by atoms with Crippen molar-refractivity contribution in [1.29, 1.82) is 0 Å². The number of carbonyl (C=O) groups excluding carboxylic acids is 1. The van der Waals surface area contributed by atoms with Gasteiger partial charge in [0.15, 0.2) is 5.69 Å². The van der Waals surface area contributed by atoms with E-state index >= 15 is 0 Å². The van der Waals surface area contributed by atoms with Crippen LogP contribution in [-0.2, 0) is 5.41 Å². The van der Waals surface area contributed by atoms with Crippen molar-refractivity contribution in [2.75, 3.05) is 39.3 Å². The van der Waals surface area contributed by atoms with Crippen molar-refractivity contribution in [3.63, 3.8) is 0 Å². The molecular weight excluding hydrogens is 316 g/mol. The van der Waals surface area contributed by atoms with E-state index in [9.17, 15) is 4.79 Å². The lowest BCUT2D eigenvalue weighted by atomic mass is 9.93. The molecule has 23 heavy (non-hydrogen) atoms. The Morgan fingerprint density at radius 2 is 2.00 bits per heavy atom. The maximum Gasteiger partial charge on any atom is 0.276 e. The summed E-state index contributed by atoms with van der Waals surface area (Å²) in [6.07, 6.45) is 1.05. The number of rotatable bonds is 2. The molecule has 130 valence electrons. The third kappa shape index (κ3) is 4.05. The summed E-state index contributed by atoms with van der Waals surface area (Å²) < 4.78 is 5.34. The molecule has 1 atom stereocenters. The predicted octanol–water partition coefficient (Wildman–Crippen LogP) is 1.51. The number of hydrogen-bond acceptors (Lipinski definition) is 5. The van der Waals surface area contributed by atoms with Gasteiger partial charge in [-0.05, 0) is 6.42 Å². The zero-order chi connectivity index (χ0) is 15.7. The fourth-order valence-electron chi connectivity index (χ4n) is 3.16. The lowest BCUT2D eigenvalue weighted by molar-refractivity contribution is 0.0763. The second-order valence-electron chi connectivity index (χ2n) is 7.31. The molecule has 0 bridgehead atoms. The highest BCUT2D eigenvalue weighted by molar-refractivity contribution is 5.92. The number of aromatic nitrogens is 1. The fourth-order valence-corrected chi connectivity index (χ4v) is 3.16. The number of carbonyl (C=O) groups is 1. The van der Waals surface area contributed by atoms with E-state index in [-0.39, 0.29) is 23.7 Å². The van der Waals surface area contributed by atoms with Gasteiger partial charge in [0.2, 0.25) is 0 Å². The zero-order valence-corrected chi connectivity index (χ0v) is 15.0. The Bertz CT molecular complexity index is 534. The molecule has 1 amide bonds. The highest BCUT2D eigenvalue weighted by Gasteiger charge is 2.33. The van der Waals surface area contributed by atoms with Crippen LogP contribution in [0.25, 0.3) is 0 Å². The maximum atomic E-state index is 12.6. The minimum atomic E-state index is -0.125. The average molecular weight is 343 g/mol. The molecule has 1 aromatic heterocycles. The number of hydrogen-bond donors (Lipinski definition) is 1. The molecule has 0 spiro atoms. The second-order valence-corrected chi connectivity index (χ2v) is 7.31. The van der Waals surface area contributed by atoms with Gasteiger partial charge in [-0.1, -0.05) is 25.9 Å². The SMILES string of the molecule is CC(C)(C)c1cc(C(=O)N2CCC(N3CCNCC3)C2)no1.Cl. The molecule has 1 N–H and O–H groups in total. The molecule has 3 rings (SSSR count). The summed E-state index contributed by atoms with van der Waals surface area (Å²) in [6.45, 7) is 12.0. The minimum Gasteiger partial charge on any atom is -0.360 e. The third-order valence-electron chi connectivity index (χ3n) is 4.59. The third-order valence-corrected chi connectivity index (χ3v) is 4.59. The molecule has 1 aromatic rings. The minimum absolute atomic E-state index is 0. The maximum absolute atomic E-state index is 12.6. The number of halogens is 1. The number of piperazine rings is 1. The predicted molar refractivity (Wildman–Crippen MR) is 91.2 cm³/mol. The molecule has 6 nitrogen and oxygen atoms in total. The van der Waals surface area contributed by atoms with Crippen LogP contribution in [0.5, 0.6) is 0 Å². The van der Waals surface area contributed by atoms with Gasteiger partial charge < -0.3 is 14.7 Å². The van der Waals surface area contributed by atoms with Gasteiger partial charge >= 0.3 is 0 Å². The van der Waals surface area contributed by atoms with Crippen molar-refractivity contribution in [2.24, 2.45) is 0 Å². The van der Waals surface area contributed by atoms with Gasteiger partial charge in [-0.2, -0.15) is 0 Å². The summed E-state index contributed by atoms with van der Waals surface area (Å²) in [5, 5.41) is 7.35. The lowest BCUT2D eigenvalue weighted by Gasteiger charge is -2.32. The number of nitrogens with one attached hydrogen (secondary N) is 1.